The third-order valence-corrected chi connectivity index (χ3v) is 13.2. The molecule has 10 unspecified atom stereocenters. The number of carboxylic acid groups (broad SMARTS) is 1. The summed E-state index contributed by atoms with van der Waals surface area (Å²) >= 11 is 0. The van der Waals surface area contributed by atoms with Gasteiger partial charge in [-0.25, -0.2) is 9.59 Å². The Bertz CT molecular complexity index is 1560. The van der Waals surface area contributed by atoms with E-state index in [0.29, 0.717) is 69.8 Å². The van der Waals surface area contributed by atoms with Crippen molar-refractivity contribution in [3.8, 4) is 0 Å². The van der Waals surface area contributed by atoms with E-state index in [0.717, 1.165) is 12.8 Å². The van der Waals surface area contributed by atoms with Gasteiger partial charge in [0.25, 0.3) is 0 Å². The monoisotopic (exact) mass is 728 g/mol. The smallest absolute Gasteiger partial charge is 0.335 e. The summed E-state index contributed by atoms with van der Waals surface area (Å²) < 4.78 is 11.0. The summed E-state index contributed by atoms with van der Waals surface area (Å²) in [5, 5.41) is 36.1. The molecule has 4 aliphatic rings. The maximum absolute atomic E-state index is 14.2. The van der Waals surface area contributed by atoms with Gasteiger partial charge in [0, 0.05) is 37.3 Å². The number of nitrogens with one attached hydrogen (secondary N) is 1. The molecule has 288 valence electrons. The molecule has 5 rings (SSSR count). The number of ether oxygens (including phenoxy) is 1. The zero-order valence-corrected chi connectivity index (χ0v) is 30.4. The number of fused-ring (bicyclic) bond motifs is 5. The molecule has 1 amide bonds. The Morgan fingerprint density at radius 1 is 1.02 bits per heavy atom. The van der Waals surface area contributed by atoms with Crippen molar-refractivity contribution in [2.24, 2.45) is 45.0 Å². The van der Waals surface area contributed by atoms with E-state index in [1.165, 1.54) is 12.3 Å². The number of rotatable bonds is 15. The van der Waals surface area contributed by atoms with Crippen molar-refractivity contribution in [2.45, 2.75) is 140 Å². The quantitative estimate of drug-likeness (QED) is 0.0661. The first-order valence-electron chi connectivity index (χ1n) is 18.9. The van der Waals surface area contributed by atoms with Crippen LogP contribution in [0.25, 0.3) is 0 Å². The minimum atomic E-state index is -1.30. The highest BCUT2D eigenvalue weighted by molar-refractivity contribution is 5.93. The molecule has 0 aliphatic heterocycles. The number of aliphatic hydroxyl groups is 2. The Kier molecular flexibility index (Phi) is 12.2. The van der Waals surface area contributed by atoms with Crippen molar-refractivity contribution < 1.29 is 43.7 Å². The second-order valence-corrected chi connectivity index (χ2v) is 16.0. The van der Waals surface area contributed by atoms with Crippen LogP contribution in [0.15, 0.2) is 32.6 Å². The molecule has 0 spiro atoms. The predicted octanol–water partition coefficient (Wildman–Crippen LogP) is 2.91. The molecule has 8 N–H and O–H groups in total. The maximum Gasteiger partial charge on any atom is 0.335 e. The lowest BCUT2D eigenvalue weighted by Crippen LogP contribution is -2.70. The lowest BCUT2D eigenvalue weighted by atomic mass is 9.42. The van der Waals surface area contributed by atoms with E-state index in [1.807, 2.05) is 0 Å². The van der Waals surface area contributed by atoms with Crippen molar-refractivity contribution in [3.63, 3.8) is 0 Å². The number of carbonyl (C=O) groups is 4. The van der Waals surface area contributed by atoms with E-state index in [1.54, 1.807) is 13.0 Å². The van der Waals surface area contributed by atoms with Gasteiger partial charge in [-0.3, -0.25) is 19.4 Å². The normalized spacial score (nSPS) is 34.3. The number of hydrogen-bond donors (Lipinski definition) is 6. The number of esters is 1. The molecule has 14 heteroatoms. The average molecular weight is 729 g/mol. The van der Waals surface area contributed by atoms with Gasteiger partial charge in [-0.1, -0.05) is 19.8 Å². The second-order valence-electron chi connectivity index (χ2n) is 16.0. The number of carboxylic acids is 1. The number of amides is 1. The van der Waals surface area contributed by atoms with E-state index in [2.05, 4.69) is 17.2 Å². The number of guanidine groups is 1. The van der Waals surface area contributed by atoms with Crippen LogP contribution < -0.4 is 22.4 Å². The molecule has 4 fully saturated rings. The van der Waals surface area contributed by atoms with Crippen LogP contribution in [0.4, 0.5) is 0 Å². The van der Waals surface area contributed by atoms with Gasteiger partial charge in [-0.15, -0.1) is 0 Å². The second kappa shape index (κ2) is 16.1. The molecule has 14 nitrogen and oxygen atoms in total. The van der Waals surface area contributed by atoms with Gasteiger partial charge in [-0.05, 0) is 106 Å². The SMILES string of the molecule is CC12CCC(OC(=O)CCCCCCC(=O)NC(CCCN=C(N)N)C(=O)O)CC1CCC1C2C(O)C(=O)C2(C)C(c3ccc(=O)oc3)CCC12O. The van der Waals surface area contributed by atoms with Gasteiger partial charge < -0.3 is 41.3 Å². The first-order chi connectivity index (χ1) is 24.6. The lowest BCUT2D eigenvalue weighted by molar-refractivity contribution is -0.229. The van der Waals surface area contributed by atoms with Crippen LogP contribution in [0, 0.1) is 28.6 Å². The van der Waals surface area contributed by atoms with Crippen LogP contribution in [0.1, 0.15) is 122 Å². The molecule has 0 saturated heterocycles. The molecule has 4 aliphatic carbocycles. The van der Waals surface area contributed by atoms with E-state index in [-0.39, 0.29) is 73.3 Å². The number of carbonyl (C=O) groups excluding carboxylic acids is 3. The number of aliphatic imine (C=N–C) groups is 1. The number of hydrogen-bond acceptors (Lipinski definition) is 10. The van der Waals surface area contributed by atoms with Gasteiger partial charge in [0.15, 0.2) is 11.7 Å². The van der Waals surface area contributed by atoms with Crippen molar-refractivity contribution in [1.82, 2.24) is 5.32 Å². The number of aliphatic carboxylic acids is 1. The van der Waals surface area contributed by atoms with Gasteiger partial charge in [0.2, 0.25) is 5.91 Å². The number of unbranched alkanes of at least 4 members (excludes halogenated alkanes) is 3. The van der Waals surface area contributed by atoms with Crippen LogP contribution >= 0.6 is 0 Å². The number of nitrogens with two attached hydrogens (primary N) is 2. The largest absolute Gasteiger partial charge is 0.480 e. The standard InChI is InChI=1S/C38H56N4O10/c1-36-17-15-24(52-30(45)10-6-4-3-5-9-28(43)42-27(34(48)49)8-7-19-41-35(39)40)20-23(36)12-13-26-31(36)32(46)33(47)37(2)25(16-18-38(26,37)50)22-11-14-29(44)51-21-22/h11,14,21,23-27,31-32,46,50H,3-10,12-13,15-20H2,1-2H3,(H,42,43)(H,48,49)(H4,39,40,41). The van der Waals surface area contributed by atoms with Gasteiger partial charge in [0.1, 0.15) is 18.2 Å². The van der Waals surface area contributed by atoms with Crippen molar-refractivity contribution in [2.75, 3.05) is 6.54 Å². The Morgan fingerprint density at radius 2 is 1.75 bits per heavy atom. The third-order valence-electron chi connectivity index (χ3n) is 13.2. The van der Waals surface area contributed by atoms with Crippen molar-refractivity contribution >= 4 is 29.6 Å². The summed E-state index contributed by atoms with van der Waals surface area (Å²) in [4.78, 5) is 66.2. The Balaban J connectivity index is 1.06. The fourth-order valence-electron chi connectivity index (χ4n) is 10.4. The van der Waals surface area contributed by atoms with Crippen LogP contribution in [0.2, 0.25) is 0 Å². The van der Waals surface area contributed by atoms with Crippen LogP contribution in [-0.4, -0.2) is 75.3 Å². The predicted molar refractivity (Wildman–Crippen MR) is 190 cm³/mol. The highest BCUT2D eigenvalue weighted by Gasteiger charge is 2.73. The molecule has 0 aromatic carbocycles. The molecule has 1 aromatic heterocycles. The van der Waals surface area contributed by atoms with E-state index >= 15 is 0 Å². The number of nitrogens with zero attached hydrogens (tertiary/aromatic N) is 1. The Morgan fingerprint density at radius 3 is 2.42 bits per heavy atom. The highest BCUT2D eigenvalue weighted by Crippen LogP contribution is 2.69. The summed E-state index contributed by atoms with van der Waals surface area (Å²) in [6.07, 6.45) is 7.97. The summed E-state index contributed by atoms with van der Waals surface area (Å²) in [6, 6.07) is 1.98. The first kappa shape index (κ1) is 39.4. The van der Waals surface area contributed by atoms with E-state index in [4.69, 9.17) is 20.6 Å². The van der Waals surface area contributed by atoms with Gasteiger partial charge in [0.05, 0.1) is 17.3 Å². The molecule has 0 bridgehead atoms. The Labute approximate surface area is 304 Å². The summed E-state index contributed by atoms with van der Waals surface area (Å²) in [5.74, 6) is -3.05. The lowest BCUT2D eigenvalue weighted by Gasteiger charge is -2.64. The summed E-state index contributed by atoms with van der Waals surface area (Å²) in [7, 11) is 0. The molecular formula is C38H56N4O10. The molecular weight excluding hydrogens is 672 g/mol. The van der Waals surface area contributed by atoms with Crippen LogP contribution in [0.5, 0.6) is 0 Å². The fraction of sp³-hybridized carbons (Fsp3) is 0.737. The topological polar surface area (TPSA) is 245 Å². The van der Waals surface area contributed by atoms with Crippen molar-refractivity contribution in [1.29, 1.82) is 0 Å². The van der Waals surface area contributed by atoms with Crippen LogP contribution in [-0.2, 0) is 23.9 Å². The van der Waals surface area contributed by atoms with Crippen molar-refractivity contribution in [3.05, 3.63) is 34.4 Å². The number of ketones is 1. The maximum atomic E-state index is 14.2. The molecule has 1 aromatic rings. The summed E-state index contributed by atoms with van der Waals surface area (Å²) in [6.45, 7) is 4.19. The zero-order chi connectivity index (χ0) is 37.8. The fourth-order valence-corrected chi connectivity index (χ4v) is 10.4. The molecule has 4 saturated carbocycles. The molecule has 10 atom stereocenters. The molecule has 52 heavy (non-hydrogen) atoms. The molecule has 1 heterocycles. The van der Waals surface area contributed by atoms with E-state index in [9.17, 15) is 39.3 Å². The van der Waals surface area contributed by atoms with Gasteiger partial charge >= 0.3 is 17.6 Å². The van der Waals surface area contributed by atoms with Gasteiger partial charge in [-0.2, -0.15) is 0 Å². The molecule has 0 radical (unpaired) electrons. The third kappa shape index (κ3) is 7.78. The Hall–Kier alpha value is -3.78. The summed E-state index contributed by atoms with van der Waals surface area (Å²) in [5.41, 5.74) is 7.83. The zero-order valence-electron chi connectivity index (χ0n) is 30.4. The number of aliphatic hydroxyl groups excluding tert-OH is 1. The minimum Gasteiger partial charge on any atom is -0.480 e. The minimum absolute atomic E-state index is 0.0680. The highest BCUT2D eigenvalue weighted by atomic mass is 16.5. The first-order valence-corrected chi connectivity index (χ1v) is 18.9. The van der Waals surface area contributed by atoms with E-state index < -0.39 is 46.1 Å². The number of Topliss-reactive ketones (excluding diaryl/α,β-unsaturated/α-hetero) is 1. The van der Waals surface area contributed by atoms with Crippen LogP contribution in [0.3, 0.4) is 0 Å². The average Bonchev–Trinajstić information content (AvgIpc) is 3.38.